The maximum atomic E-state index is 12.1. The molecule has 3 rings (SSSR count). The Balaban J connectivity index is 1.48. The van der Waals surface area contributed by atoms with Crippen molar-refractivity contribution < 1.29 is 9.53 Å². The lowest BCUT2D eigenvalue weighted by molar-refractivity contribution is -0.124. The molecule has 1 unspecified atom stereocenters. The molecule has 3 heteroatoms. The van der Waals surface area contributed by atoms with Gasteiger partial charge < -0.3 is 4.74 Å². The van der Waals surface area contributed by atoms with Crippen LogP contribution in [0.5, 0.6) is 0 Å². The van der Waals surface area contributed by atoms with Gasteiger partial charge in [0.05, 0.1) is 13.2 Å². The van der Waals surface area contributed by atoms with Crippen molar-refractivity contribution >= 4 is 5.78 Å². The summed E-state index contributed by atoms with van der Waals surface area (Å²) in [6.45, 7) is 4.45. The van der Waals surface area contributed by atoms with E-state index in [4.69, 9.17) is 4.74 Å². The minimum atomic E-state index is 0.191. The van der Waals surface area contributed by atoms with Gasteiger partial charge in [0.25, 0.3) is 0 Å². The van der Waals surface area contributed by atoms with Crippen LogP contribution in [0.15, 0.2) is 0 Å². The number of nitrogens with zero attached hydrogens (tertiary/aromatic N) is 1. The van der Waals surface area contributed by atoms with E-state index < -0.39 is 0 Å². The highest BCUT2D eigenvalue weighted by Gasteiger charge is 2.32. The lowest BCUT2D eigenvalue weighted by atomic mass is 10.0. The Morgan fingerprint density at radius 3 is 2.18 bits per heavy atom. The van der Waals surface area contributed by atoms with E-state index in [1.165, 1.54) is 25.7 Å². The van der Waals surface area contributed by atoms with Crippen LogP contribution in [0.1, 0.15) is 32.1 Å². The predicted octanol–water partition coefficient (Wildman–Crippen LogP) is 1.71. The molecule has 1 aliphatic heterocycles. The van der Waals surface area contributed by atoms with E-state index in [-0.39, 0.29) is 5.92 Å². The van der Waals surface area contributed by atoms with Gasteiger partial charge >= 0.3 is 0 Å². The zero-order valence-corrected chi connectivity index (χ0v) is 10.6. The number of Topliss-reactive ketones (excluding diaryl/α,β-unsaturated/α-hetero) is 1. The van der Waals surface area contributed by atoms with E-state index in [1.54, 1.807) is 0 Å². The van der Waals surface area contributed by atoms with Crippen molar-refractivity contribution in [1.82, 2.24) is 4.90 Å². The Kier molecular flexibility index (Phi) is 3.48. The molecule has 0 aromatic rings. The Morgan fingerprint density at radius 2 is 1.71 bits per heavy atom. The second kappa shape index (κ2) is 5.07. The summed E-state index contributed by atoms with van der Waals surface area (Å²) in [5.41, 5.74) is 0. The highest BCUT2D eigenvalue weighted by molar-refractivity contribution is 5.83. The van der Waals surface area contributed by atoms with Gasteiger partial charge in [0.1, 0.15) is 0 Å². The van der Waals surface area contributed by atoms with Crippen LogP contribution in [0.4, 0.5) is 0 Å². The smallest absolute Gasteiger partial charge is 0.152 e. The van der Waals surface area contributed by atoms with Gasteiger partial charge in [-0.25, -0.2) is 0 Å². The molecule has 3 aliphatic rings. The molecule has 3 nitrogen and oxygen atoms in total. The average molecular weight is 237 g/mol. The molecule has 2 aliphatic carbocycles. The molecule has 1 saturated heterocycles. The fourth-order valence-electron chi connectivity index (χ4n) is 2.67. The Hall–Kier alpha value is -0.410. The fraction of sp³-hybridized carbons (Fsp3) is 0.929. The molecule has 0 amide bonds. The molecule has 3 fully saturated rings. The van der Waals surface area contributed by atoms with E-state index in [0.29, 0.717) is 18.9 Å². The first-order valence-corrected chi connectivity index (χ1v) is 7.14. The molecule has 0 bridgehead atoms. The summed E-state index contributed by atoms with van der Waals surface area (Å²) in [6, 6.07) is 0. The van der Waals surface area contributed by atoms with Crippen LogP contribution in [-0.2, 0) is 9.53 Å². The van der Waals surface area contributed by atoms with Gasteiger partial charge in [-0.3, -0.25) is 9.69 Å². The summed E-state index contributed by atoms with van der Waals surface area (Å²) in [4.78, 5) is 14.6. The minimum Gasteiger partial charge on any atom is -0.381 e. The maximum absolute atomic E-state index is 12.1. The highest BCUT2D eigenvalue weighted by Crippen LogP contribution is 2.33. The first-order chi connectivity index (χ1) is 8.31. The molecule has 0 aromatic carbocycles. The molecule has 17 heavy (non-hydrogen) atoms. The monoisotopic (exact) mass is 237 g/mol. The van der Waals surface area contributed by atoms with Gasteiger partial charge in [-0.2, -0.15) is 0 Å². The van der Waals surface area contributed by atoms with Gasteiger partial charge in [0.2, 0.25) is 0 Å². The van der Waals surface area contributed by atoms with Crippen LogP contribution in [0.3, 0.4) is 0 Å². The summed E-state index contributed by atoms with van der Waals surface area (Å²) in [5, 5.41) is 0. The summed E-state index contributed by atoms with van der Waals surface area (Å²) >= 11 is 0. The number of ether oxygens (including phenoxy) is 1. The molecule has 0 radical (unpaired) electrons. The number of hydrogen-bond donors (Lipinski definition) is 0. The molecule has 1 heterocycles. The third-order valence-corrected chi connectivity index (χ3v) is 4.19. The summed E-state index contributed by atoms with van der Waals surface area (Å²) in [5.74, 6) is 2.39. The number of carbonyl (C=O) groups excluding carboxylic acids is 1. The second-order valence-electron chi connectivity index (χ2n) is 6.11. The number of hydrogen-bond acceptors (Lipinski definition) is 3. The third-order valence-electron chi connectivity index (χ3n) is 4.19. The number of carbonyl (C=O) groups is 1. The topological polar surface area (TPSA) is 29.5 Å². The van der Waals surface area contributed by atoms with Crippen LogP contribution in [-0.4, -0.2) is 43.5 Å². The number of ketones is 1. The van der Waals surface area contributed by atoms with Gasteiger partial charge in [-0.05, 0) is 43.9 Å². The van der Waals surface area contributed by atoms with Crippen LogP contribution in [0, 0.1) is 17.8 Å². The molecular weight excluding hydrogens is 214 g/mol. The van der Waals surface area contributed by atoms with Crippen molar-refractivity contribution in [3.63, 3.8) is 0 Å². The van der Waals surface area contributed by atoms with Gasteiger partial charge in [0.15, 0.2) is 5.78 Å². The van der Waals surface area contributed by atoms with Crippen molar-refractivity contribution in [2.24, 2.45) is 17.8 Å². The predicted molar refractivity (Wildman–Crippen MR) is 65.8 cm³/mol. The summed E-state index contributed by atoms with van der Waals surface area (Å²) < 4.78 is 5.31. The Morgan fingerprint density at radius 1 is 1.06 bits per heavy atom. The first-order valence-electron chi connectivity index (χ1n) is 7.14. The van der Waals surface area contributed by atoms with Crippen molar-refractivity contribution in [1.29, 1.82) is 0 Å². The average Bonchev–Trinajstić information content (AvgIpc) is 3.22. The molecule has 1 atom stereocenters. The highest BCUT2D eigenvalue weighted by atomic mass is 16.5. The van der Waals surface area contributed by atoms with Crippen LogP contribution in [0.2, 0.25) is 0 Å². The molecule has 96 valence electrons. The lowest BCUT2D eigenvalue weighted by Crippen LogP contribution is -2.36. The van der Waals surface area contributed by atoms with Crippen molar-refractivity contribution in [2.45, 2.75) is 32.1 Å². The van der Waals surface area contributed by atoms with E-state index in [1.807, 2.05) is 0 Å². The van der Waals surface area contributed by atoms with E-state index >= 15 is 0 Å². The van der Waals surface area contributed by atoms with Crippen LogP contribution < -0.4 is 0 Å². The second-order valence-corrected chi connectivity index (χ2v) is 6.11. The van der Waals surface area contributed by atoms with Gasteiger partial charge in [0, 0.05) is 25.6 Å². The summed E-state index contributed by atoms with van der Waals surface area (Å²) in [6.07, 6.45) is 6.45. The SMILES string of the molecule is O=C(CN(CC1CC1)CC1CC1)C1CCOC1. The lowest BCUT2D eigenvalue weighted by Gasteiger charge is -2.22. The molecule has 0 aromatic heterocycles. The fourth-order valence-corrected chi connectivity index (χ4v) is 2.67. The van der Waals surface area contributed by atoms with Crippen molar-refractivity contribution in [3.05, 3.63) is 0 Å². The van der Waals surface area contributed by atoms with Crippen LogP contribution >= 0.6 is 0 Å². The van der Waals surface area contributed by atoms with E-state index in [9.17, 15) is 4.79 Å². The van der Waals surface area contributed by atoms with E-state index in [2.05, 4.69) is 4.90 Å². The zero-order chi connectivity index (χ0) is 11.7. The molecular formula is C14H23NO2. The Bertz CT molecular complexity index is 264. The summed E-state index contributed by atoms with van der Waals surface area (Å²) in [7, 11) is 0. The van der Waals surface area contributed by atoms with Crippen molar-refractivity contribution in [3.8, 4) is 0 Å². The first kappa shape index (κ1) is 11.7. The third kappa shape index (κ3) is 3.52. The molecule has 2 saturated carbocycles. The van der Waals surface area contributed by atoms with Crippen molar-refractivity contribution in [2.75, 3.05) is 32.8 Å². The minimum absolute atomic E-state index is 0.191. The maximum Gasteiger partial charge on any atom is 0.152 e. The largest absolute Gasteiger partial charge is 0.381 e. The zero-order valence-electron chi connectivity index (χ0n) is 10.6. The normalized spacial score (nSPS) is 28.9. The van der Waals surface area contributed by atoms with Crippen LogP contribution in [0.25, 0.3) is 0 Å². The number of rotatable bonds is 7. The quantitative estimate of drug-likeness (QED) is 0.675. The van der Waals surface area contributed by atoms with Gasteiger partial charge in [-0.15, -0.1) is 0 Å². The van der Waals surface area contributed by atoms with Gasteiger partial charge in [-0.1, -0.05) is 0 Å². The van der Waals surface area contributed by atoms with E-state index in [0.717, 1.165) is 38.0 Å². The molecule has 0 spiro atoms. The standard InChI is InChI=1S/C14H23NO2/c16-14(13-5-6-17-10-13)9-15(7-11-1-2-11)8-12-3-4-12/h11-13H,1-10H2. The molecule has 0 N–H and O–H groups in total. The Labute approximate surface area is 104 Å².